The van der Waals surface area contributed by atoms with Crippen molar-refractivity contribution in [2.24, 2.45) is 0 Å². The number of ether oxygens (including phenoxy) is 2. The van der Waals surface area contributed by atoms with Crippen molar-refractivity contribution >= 4 is 21.5 Å². The standard InChI is InChI=1S/C30H32N2O2/c1-3-13-25-21(7-1)9-5-11-23(25)19-33-27-15-17-31-29(27)30-28(16-18-32-30)34-20-24-12-6-10-22-8-2-4-14-26(22)24/h1-14,27-32H,15-20H2/t27-,28-,29-,30-/m1/s1. The van der Waals surface area contributed by atoms with Gasteiger partial charge in [0.25, 0.3) is 0 Å². The highest BCUT2D eigenvalue weighted by Gasteiger charge is 2.41. The second-order valence-corrected chi connectivity index (χ2v) is 9.51. The summed E-state index contributed by atoms with van der Waals surface area (Å²) in [6.45, 7) is 3.25. The van der Waals surface area contributed by atoms with E-state index in [1.54, 1.807) is 0 Å². The van der Waals surface area contributed by atoms with Gasteiger partial charge >= 0.3 is 0 Å². The maximum absolute atomic E-state index is 6.53. The Labute approximate surface area is 201 Å². The zero-order chi connectivity index (χ0) is 22.7. The molecule has 2 aliphatic rings. The van der Waals surface area contributed by atoms with Crippen molar-refractivity contribution in [3.63, 3.8) is 0 Å². The molecule has 2 heterocycles. The number of hydrogen-bond donors (Lipinski definition) is 2. The van der Waals surface area contributed by atoms with Crippen molar-refractivity contribution in [2.45, 2.75) is 50.3 Å². The van der Waals surface area contributed by atoms with Gasteiger partial charge in [0.1, 0.15) is 0 Å². The molecule has 0 amide bonds. The van der Waals surface area contributed by atoms with E-state index in [1.807, 2.05) is 0 Å². The van der Waals surface area contributed by atoms with Crippen LogP contribution in [-0.2, 0) is 22.7 Å². The highest BCUT2D eigenvalue weighted by Crippen LogP contribution is 2.27. The molecule has 0 bridgehead atoms. The lowest BCUT2D eigenvalue weighted by molar-refractivity contribution is -0.0110. The first-order valence-electron chi connectivity index (χ1n) is 12.5. The van der Waals surface area contributed by atoms with Crippen LogP contribution < -0.4 is 10.6 Å². The lowest BCUT2D eigenvalue weighted by Crippen LogP contribution is -2.52. The Balaban J connectivity index is 1.13. The molecule has 4 heteroatoms. The molecule has 2 fully saturated rings. The van der Waals surface area contributed by atoms with Gasteiger partial charge in [0.2, 0.25) is 0 Å². The molecule has 0 radical (unpaired) electrons. The van der Waals surface area contributed by atoms with Crippen LogP contribution in [0.15, 0.2) is 84.9 Å². The SMILES string of the molecule is c1ccc2c(CO[C@@H]3CCN[C@H]3[C@@H]3NCC[C@H]3OCc3cccc4ccccc34)cccc2c1. The second kappa shape index (κ2) is 9.85. The van der Waals surface area contributed by atoms with Crippen molar-refractivity contribution in [3.05, 3.63) is 96.1 Å². The van der Waals surface area contributed by atoms with Gasteiger partial charge in [-0.25, -0.2) is 0 Å². The predicted molar refractivity (Wildman–Crippen MR) is 138 cm³/mol. The van der Waals surface area contributed by atoms with Gasteiger partial charge in [-0.05, 0) is 58.6 Å². The van der Waals surface area contributed by atoms with Gasteiger partial charge in [-0.2, -0.15) is 0 Å². The lowest BCUT2D eigenvalue weighted by Gasteiger charge is -2.30. The fraction of sp³-hybridized carbons (Fsp3) is 0.333. The van der Waals surface area contributed by atoms with Crippen molar-refractivity contribution in [2.75, 3.05) is 13.1 Å². The first kappa shape index (κ1) is 21.8. The molecule has 34 heavy (non-hydrogen) atoms. The van der Waals surface area contributed by atoms with Crippen LogP contribution in [0, 0.1) is 0 Å². The number of nitrogens with one attached hydrogen (secondary N) is 2. The highest BCUT2D eigenvalue weighted by atomic mass is 16.5. The first-order valence-corrected chi connectivity index (χ1v) is 12.5. The summed E-state index contributed by atoms with van der Waals surface area (Å²) in [6.07, 6.45) is 2.42. The first-order chi connectivity index (χ1) is 16.9. The summed E-state index contributed by atoms with van der Waals surface area (Å²) in [7, 11) is 0. The van der Waals surface area contributed by atoms with Gasteiger partial charge < -0.3 is 20.1 Å². The molecule has 2 N–H and O–H groups in total. The van der Waals surface area contributed by atoms with E-state index in [1.165, 1.54) is 32.7 Å². The molecule has 6 rings (SSSR count). The van der Waals surface area contributed by atoms with E-state index in [-0.39, 0.29) is 24.3 Å². The van der Waals surface area contributed by atoms with Crippen molar-refractivity contribution < 1.29 is 9.47 Å². The van der Waals surface area contributed by atoms with Crippen LogP contribution in [-0.4, -0.2) is 37.4 Å². The fourth-order valence-corrected chi connectivity index (χ4v) is 5.73. The van der Waals surface area contributed by atoms with E-state index in [0.717, 1.165) is 25.9 Å². The van der Waals surface area contributed by atoms with Crippen molar-refractivity contribution in [1.82, 2.24) is 10.6 Å². The summed E-state index contributed by atoms with van der Waals surface area (Å²) in [5.41, 5.74) is 2.51. The van der Waals surface area contributed by atoms with Gasteiger partial charge in [-0.1, -0.05) is 84.9 Å². The third-order valence-corrected chi connectivity index (χ3v) is 7.47. The smallest absolute Gasteiger partial charge is 0.0760 e. The van der Waals surface area contributed by atoms with E-state index in [0.29, 0.717) is 13.2 Å². The molecule has 4 aromatic rings. The minimum atomic E-state index is 0.179. The summed E-state index contributed by atoms with van der Waals surface area (Å²) < 4.78 is 13.1. The molecule has 2 saturated heterocycles. The average Bonchev–Trinajstić information content (AvgIpc) is 3.55. The van der Waals surface area contributed by atoms with Crippen LogP contribution in [0.5, 0.6) is 0 Å². The Bertz CT molecular complexity index is 1160. The summed E-state index contributed by atoms with van der Waals surface area (Å²) in [6, 6.07) is 30.6. The number of benzene rings is 4. The molecule has 4 atom stereocenters. The number of fused-ring (bicyclic) bond motifs is 2. The summed E-state index contributed by atoms with van der Waals surface area (Å²) >= 11 is 0. The maximum atomic E-state index is 6.53. The monoisotopic (exact) mass is 452 g/mol. The quantitative estimate of drug-likeness (QED) is 0.405. The Morgan fingerprint density at radius 2 is 1.00 bits per heavy atom. The molecule has 4 aromatic carbocycles. The van der Waals surface area contributed by atoms with E-state index in [2.05, 4.69) is 95.6 Å². The molecule has 174 valence electrons. The molecule has 0 aromatic heterocycles. The molecular formula is C30H32N2O2. The Hall–Kier alpha value is -2.76. The van der Waals surface area contributed by atoms with Crippen LogP contribution in [0.2, 0.25) is 0 Å². The number of hydrogen-bond acceptors (Lipinski definition) is 4. The van der Waals surface area contributed by atoms with Gasteiger partial charge in [-0.15, -0.1) is 0 Å². The van der Waals surface area contributed by atoms with Gasteiger partial charge in [0.05, 0.1) is 37.5 Å². The molecule has 2 aliphatic heterocycles. The fourth-order valence-electron chi connectivity index (χ4n) is 5.73. The molecule has 0 aliphatic carbocycles. The van der Waals surface area contributed by atoms with Crippen LogP contribution in [0.1, 0.15) is 24.0 Å². The Kier molecular flexibility index (Phi) is 6.30. The third-order valence-electron chi connectivity index (χ3n) is 7.47. The molecule has 0 spiro atoms. The van der Waals surface area contributed by atoms with Crippen LogP contribution in [0.3, 0.4) is 0 Å². The van der Waals surface area contributed by atoms with E-state index in [4.69, 9.17) is 9.47 Å². The molecule has 4 nitrogen and oxygen atoms in total. The predicted octanol–water partition coefficient (Wildman–Crippen LogP) is 5.19. The number of rotatable bonds is 7. The third kappa shape index (κ3) is 4.35. The summed E-state index contributed by atoms with van der Waals surface area (Å²) in [5.74, 6) is 0. The second-order valence-electron chi connectivity index (χ2n) is 9.51. The van der Waals surface area contributed by atoms with Gasteiger partial charge in [0, 0.05) is 0 Å². The zero-order valence-electron chi connectivity index (χ0n) is 19.5. The minimum absolute atomic E-state index is 0.179. The zero-order valence-corrected chi connectivity index (χ0v) is 19.5. The van der Waals surface area contributed by atoms with Crippen LogP contribution >= 0.6 is 0 Å². The topological polar surface area (TPSA) is 42.5 Å². The van der Waals surface area contributed by atoms with Crippen molar-refractivity contribution in [3.8, 4) is 0 Å². The minimum Gasteiger partial charge on any atom is -0.372 e. The van der Waals surface area contributed by atoms with Gasteiger partial charge in [-0.3, -0.25) is 0 Å². The van der Waals surface area contributed by atoms with E-state index < -0.39 is 0 Å². The molecule has 0 unspecified atom stereocenters. The Morgan fingerprint density at radius 1 is 0.559 bits per heavy atom. The largest absolute Gasteiger partial charge is 0.372 e. The van der Waals surface area contributed by atoms with E-state index >= 15 is 0 Å². The lowest BCUT2D eigenvalue weighted by atomic mass is 9.99. The van der Waals surface area contributed by atoms with Crippen LogP contribution in [0.25, 0.3) is 21.5 Å². The molecule has 0 saturated carbocycles. The summed E-state index contributed by atoms with van der Waals surface area (Å²) in [4.78, 5) is 0. The van der Waals surface area contributed by atoms with Gasteiger partial charge in [0.15, 0.2) is 0 Å². The van der Waals surface area contributed by atoms with E-state index in [9.17, 15) is 0 Å². The van der Waals surface area contributed by atoms with Crippen LogP contribution in [0.4, 0.5) is 0 Å². The highest BCUT2D eigenvalue weighted by molar-refractivity contribution is 5.86. The van der Waals surface area contributed by atoms with Crippen molar-refractivity contribution in [1.29, 1.82) is 0 Å². The maximum Gasteiger partial charge on any atom is 0.0760 e. The molecular weight excluding hydrogens is 420 g/mol. The Morgan fingerprint density at radius 3 is 1.50 bits per heavy atom. The average molecular weight is 453 g/mol. The summed E-state index contributed by atoms with van der Waals surface area (Å²) in [5, 5.41) is 12.5. The normalized spacial score (nSPS) is 24.8.